The molecule has 2 aromatic rings. The van der Waals surface area contributed by atoms with Crippen LogP contribution in [0.4, 0.5) is 32.0 Å². The Labute approximate surface area is 205 Å². The number of alkyl halides is 6. The van der Waals surface area contributed by atoms with Gasteiger partial charge in [0.1, 0.15) is 0 Å². The number of piperazine rings is 1. The third kappa shape index (κ3) is 5.69. The van der Waals surface area contributed by atoms with Crippen LogP contribution in [0.2, 0.25) is 0 Å². The van der Waals surface area contributed by atoms with Crippen LogP contribution >= 0.6 is 0 Å². The molecule has 3 heterocycles. The van der Waals surface area contributed by atoms with Gasteiger partial charge in [-0.1, -0.05) is 0 Å². The Hall–Kier alpha value is -2.60. The minimum Gasteiger partial charge on any atom is -0.368 e. The first-order valence-electron chi connectivity index (χ1n) is 11.8. The van der Waals surface area contributed by atoms with Gasteiger partial charge in [0.05, 0.1) is 23.0 Å². The number of anilines is 1. The second-order valence-corrected chi connectivity index (χ2v) is 9.63. The van der Waals surface area contributed by atoms with Crippen LogP contribution in [-0.2, 0) is 11.0 Å². The van der Waals surface area contributed by atoms with Crippen molar-refractivity contribution in [2.75, 3.05) is 51.2 Å². The Bertz CT molecular complexity index is 1080. The van der Waals surface area contributed by atoms with Crippen molar-refractivity contribution in [3.63, 3.8) is 0 Å². The summed E-state index contributed by atoms with van der Waals surface area (Å²) < 4.78 is 82.1. The van der Waals surface area contributed by atoms with E-state index in [2.05, 4.69) is 15.2 Å². The molecule has 0 radical (unpaired) electrons. The lowest BCUT2D eigenvalue weighted by atomic mass is 9.92. The number of nitrogens with one attached hydrogen (secondary N) is 1. The first-order valence-corrected chi connectivity index (χ1v) is 11.8. The van der Waals surface area contributed by atoms with E-state index >= 15 is 0 Å². The average molecular weight is 518 g/mol. The summed E-state index contributed by atoms with van der Waals surface area (Å²) in [4.78, 5) is 22.4. The fraction of sp³-hybridized carbons (Fsp3) is 0.583. The molecule has 0 bridgehead atoms. The number of pyridine rings is 1. The molecule has 2 fully saturated rings. The molecule has 2 saturated heterocycles. The van der Waals surface area contributed by atoms with E-state index in [9.17, 15) is 31.1 Å². The maximum absolute atomic E-state index is 13.8. The average Bonchev–Trinajstić information content (AvgIpc) is 2.82. The van der Waals surface area contributed by atoms with Crippen molar-refractivity contribution in [2.24, 2.45) is 5.92 Å². The molecule has 1 amide bonds. The summed E-state index contributed by atoms with van der Waals surface area (Å²) in [7, 11) is 1.98. The molecule has 1 aromatic carbocycles. The second-order valence-electron chi connectivity index (χ2n) is 9.63. The molecule has 12 heteroatoms. The van der Waals surface area contributed by atoms with E-state index in [4.69, 9.17) is 0 Å². The number of hydrogen-bond acceptors (Lipinski definition) is 5. The van der Waals surface area contributed by atoms with Crippen molar-refractivity contribution in [3.8, 4) is 0 Å². The number of halogens is 6. The van der Waals surface area contributed by atoms with E-state index in [-0.39, 0.29) is 35.5 Å². The Morgan fingerprint density at radius 1 is 1.06 bits per heavy atom. The van der Waals surface area contributed by atoms with Crippen molar-refractivity contribution in [2.45, 2.75) is 37.8 Å². The van der Waals surface area contributed by atoms with Crippen LogP contribution in [0.3, 0.4) is 0 Å². The zero-order valence-electron chi connectivity index (χ0n) is 20.0. The Morgan fingerprint density at radius 2 is 1.75 bits per heavy atom. The van der Waals surface area contributed by atoms with Gasteiger partial charge in [-0.15, -0.1) is 0 Å². The highest BCUT2D eigenvalue weighted by atomic mass is 19.4. The van der Waals surface area contributed by atoms with Gasteiger partial charge < -0.3 is 15.1 Å². The Morgan fingerprint density at radius 3 is 2.39 bits per heavy atom. The molecule has 36 heavy (non-hydrogen) atoms. The number of nitrogens with zero attached hydrogens (tertiary/aromatic N) is 4. The number of aromatic nitrogens is 1. The molecule has 6 nitrogen and oxygen atoms in total. The monoisotopic (exact) mass is 517 g/mol. The standard InChI is InChI=1S/C24H29F6N5O/c1-15(34-10-8-33(2)9-11-34)22(36)32-17-12-16(23(25,26)27)13-35(14-17)20-6-5-19(24(28,29)30)21-18(20)4-3-7-31-21/h3-7,15-17H,8-14H2,1-2H3,(H,32,36)/t15-,16+,17-/m1/s1. The van der Waals surface area contributed by atoms with Crippen molar-refractivity contribution in [1.82, 2.24) is 20.1 Å². The van der Waals surface area contributed by atoms with Gasteiger partial charge in [0, 0.05) is 62.6 Å². The fourth-order valence-electron chi connectivity index (χ4n) is 5.00. The number of fused-ring (bicyclic) bond motifs is 1. The highest BCUT2D eigenvalue weighted by Crippen LogP contribution is 2.40. The zero-order valence-corrected chi connectivity index (χ0v) is 20.0. The van der Waals surface area contributed by atoms with Crippen LogP contribution in [0.25, 0.3) is 10.9 Å². The molecule has 0 unspecified atom stereocenters. The van der Waals surface area contributed by atoms with Gasteiger partial charge in [-0.25, -0.2) is 0 Å². The number of benzene rings is 1. The number of carbonyl (C=O) groups excluding carboxylic acids is 1. The van der Waals surface area contributed by atoms with Crippen LogP contribution in [0.1, 0.15) is 18.9 Å². The minimum atomic E-state index is -4.66. The van der Waals surface area contributed by atoms with E-state index in [1.807, 2.05) is 11.9 Å². The van der Waals surface area contributed by atoms with E-state index < -0.39 is 42.5 Å². The van der Waals surface area contributed by atoms with Crippen molar-refractivity contribution >= 4 is 22.5 Å². The predicted molar refractivity (Wildman–Crippen MR) is 124 cm³/mol. The summed E-state index contributed by atoms with van der Waals surface area (Å²) in [5, 5.41) is 2.90. The number of hydrogen-bond donors (Lipinski definition) is 1. The molecule has 198 valence electrons. The van der Waals surface area contributed by atoms with Crippen LogP contribution in [0.5, 0.6) is 0 Å². The van der Waals surface area contributed by atoms with Crippen LogP contribution in [0.15, 0.2) is 30.5 Å². The van der Waals surface area contributed by atoms with E-state index in [1.165, 1.54) is 29.3 Å². The summed E-state index contributed by atoms with van der Waals surface area (Å²) in [5.41, 5.74) is -1.04. The third-order valence-corrected chi connectivity index (χ3v) is 7.12. The smallest absolute Gasteiger partial charge is 0.368 e. The molecule has 1 aromatic heterocycles. The van der Waals surface area contributed by atoms with Crippen molar-refractivity contribution in [3.05, 3.63) is 36.0 Å². The van der Waals surface area contributed by atoms with Crippen molar-refractivity contribution in [1.29, 1.82) is 0 Å². The zero-order chi connectivity index (χ0) is 26.3. The number of amides is 1. The molecular formula is C24H29F6N5O. The Kier molecular flexibility index (Phi) is 7.38. The normalized spacial score (nSPS) is 23.6. The van der Waals surface area contributed by atoms with Crippen LogP contribution < -0.4 is 10.2 Å². The number of carbonyl (C=O) groups is 1. The maximum Gasteiger partial charge on any atom is 0.418 e. The summed E-state index contributed by atoms with van der Waals surface area (Å²) in [6.45, 7) is 4.30. The maximum atomic E-state index is 13.8. The third-order valence-electron chi connectivity index (χ3n) is 7.12. The van der Waals surface area contributed by atoms with Crippen LogP contribution in [-0.4, -0.2) is 85.3 Å². The molecule has 0 aliphatic carbocycles. The lowest BCUT2D eigenvalue weighted by Crippen LogP contribution is -2.58. The number of piperidine rings is 1. The minimum absolute atomic E-state index is 0.0448. The SMILES string of the molecule is C[C@H](C(=O)N[C@@H]1C[C@H](C(F)(F)F)CN(c2ccc(C(F)(F)F)c3ncccc23)C1)N1CCN(C)CC1. The summed E-state index contributed by atoms with van der Waals surface area (Å²) in [6.07, 6.45) is -8.25. The largest absolute Gasteiger partial charge is 0.418 e. The van der Waals surface area contributed by atoms with Gasteiger partial charge in [-0.2, -0.15) is 26.3 Å². The molecule has 4 rings (SSSR count). The van der Waals surface area contributed by atoms with Gasteiger partial charge >= 0.3 is 12.4 Å². The lowest BCUT2D eigenvalue weighted by Gasteiger charge is -2.41. The molecule has 0 saturated carbocycles. The number of likely N-dealkylation sites (N-methyl/N-ethyl adjacent to an activating group) is 1. The molecular weight excluding hydrogens is 488 g/mol. The van der Waals surface area contributed by atoms with Gasteiger partial charge in [-0.3, -0.25) is 14.7 Å². The van der Waals surface area contributed by atoms with E-state index in [1.54, 1.807) is 6.92 Å². The highest BCUT2D eigenvalue weighted by molar-refractivity contribution is 5.94. The van der Waals surface area contributed by atoms with Gasteiger partial charge in [-0.05, 0) is 44.7 Å². The first-order chi connectivity index (χ1) is 16.8. The van der Waals surface area contributed by atoms with Gasteiger partial charge in [0.25, 0.3) is 0 Å². The van der Waals surface area contributed by atoms with Gasteiger partial charge in [0.2, 0.25) is 5.91 Å². The second kappa shape index (κ2) is 10.0. The van der Waals surface area contributed by atoms with Crippen LogP contribution in [0, 0.1) is 5.92 Å². The molecule has 2 aliphatic rings. The predicted octanol–water partition coefficient (Wildman–Crippen LogP) is 3.76. The van der Waals surface area contributed by atoms with Gasteiger partial charge in [0.15, 0.2) is 0 Å². The quantitative estimate of drug-likeness (QED) is 0.627. The summed E-state index contributed by atoms with van der Waals surface area (Å²) in [6, 6.07) is 3.60. The Balaban J connectivity index is 1.59. The molecule has 0 spiro atoms. The first kappa shape index (κ1) is 26.5. The molecule has 1 N–H and O–H groups in total. The summed E-state index contributed by atoms with van der Waals surface area (Å²) >= 11 is 0. The van der Waals surface area contributed by atoms with E-state index in [0.717, 1.165) is 19.2 Å². The molecule has 3 atom stereocenters. The fourth-order valence-corrected chi connectivity index (χ4v) is 5.00. The topological polar surface area (TPSA) is 51.7 Å². The van der Waals surface area contributed by atoms with Crippen molar-refractivity contribution < 1.29 is 31.1 Å². The highest BCUT2D eigenvalue weighted by Gasteiger charge is 2.45. The molecule has 2 aliphatic heterocycles. The number of rotatable bonds is 4. The lowest BCUT2D eigenvalue weighted by molar-refractivity contribution is -0.178. The summed E-state index contributed by atoms with van der Waals surface area (Å²) in [5.74, 6) is -2.10. The van der Waals surface area contributed by atoms with E-state index in [0.29, 0.717) is 13.1 Å².